The van der Waals surface area contributed by atoms with Gasteiger partial charge in [-0.15, -0.1) is 0 Å². The molecule has 43 heavy (non-hydrogen) atoms. The van der Waals surface area contributed by atoms with Crippen LogP contribution in [0.2, 0.25) is 0 Å². The van der Waals surface area contributed by atoms with Crippen LogP contribution in [0.4, 0.5) is 5.82 Å². The molecule has 2 aromatic carbocycles. The second kappa shape index (κ2) is 12.8. The Kier molecular flexibility index (Phi) is 8.74. The molecule has 3 aliphatic heterocycles. The molecule has 1 aromatic heterocycles. The number of carboxylic acid groups (broad SMARTS) is 1. The molecule has 9 nitrogen and oxygen atoms in total. The lowest BCUT2D eigenvalue weighted by Gasteiger charge is -2.37. The van der Waals surface area contributed by atoms with Crippen molar-refractivity contribution in [2.45, 2.75) is 71.6 Å². The monoisotopic (exact) mass is 584 g/mol. The summed E-state index contributed by atoms with van der Waals surface area (Å²) in [5.74, 6) is -0.580. The quantitative estimate of drug-likeness (QED) is 0.356. The Bertz CT molecular complexity index is 1490. The van der Waals surface area contributed by atoms with Gasteiger partial charge >= 0.3 is 5.97 Å². The molecule has 0 aliphatic carbocycles. The van der Waals surface area contributed by atoms with E-state index in [2.05, 4.69) is 28.2 Å². The third-order valence-corrected chi connectivity index (χ3v) is 8.40. The molecule has 3 aliphatic rings. The van der Waals surface area contributed by atoms with Gasteiger partial charge in [0.05, 0.1) is 18.4 Å². The summed E-state index contributed by atoms with van der Waals surface area (Å²) in [5, 5.41) is 15.6. The molecule has 1 saturated heterocycles. The van der Waals surface area contributed by atoms with Crippen molar-refractivity contribution in [1.82, 2.24) is 9.88 Å². The summed E-state index contributed by atoms with van der Waals surface area (Å²) in [4.78, 5) is 19.3. The van der Waals surface area contributed by atoms with Crippen LogP contribution in [0.25, 0.3) is 11.3 Å². The van der Waals surface area contributed by atoms with E-state index in [0.717, 1.165) is 61.6 Å². The summed E-state index contributed by atoms with van der Waals surface area (Å²) in [6, 6.07) is 18.9. The lowest BCUT2D eigenvalue weighted by Crippen LogP contribution is -2.43. The lowest BCUT2D eigenvalue weighted by molar-refractivity contribution is -0.144. The number of para-hydroxylation sites is 1. The lowest BCUT2D eigenvalue weighted by atomic mass is 9.95. The molecule has 0 amide bonds. The molecule has 1 N–H and O–H groups in total. The Morgan fingerprint density at radius 1 is 1.14 bits per heavy atom. The number of anilines is 1. The first-order chi connectivity index (χ1) is 20.9. The zero-order valence-electron chi connectivity index (χ0n) is 25.1. The van der Waals surface area contributed by atoms with Gasteiger partial charge in [0.2, 0.25) is 0 Å². The molecule has 0 spiro atoms. The number of nitrogens with zero attached hydrogens (tertiary/aromatic N) is 4. The summed E-state index contributed by atoms with van der Waals surface area (Å²) in [6.45, 7) is 10.0. The maximum absolute atomic E-state index is 11.8. The van der Waals surface area contributed by atoms with Gasteiger partial charge in [-0.1, -0.05) is 36.4 Å². The first-order valence-electron chi connectivity index (χ1n) is 15.2. The van der Waals surface area contributed by atoms with Crippen LogP contribution in [-0.4, -0.2) is 65.3 Å². The standard InChI is InChI=1S/C34H40N4O5/c1-22(2)43-33-29(34(39)40)18-35-38(33)31-11-5-10-30(36-31)28-9-4-7-23(3)32(28)42-20-24-12-13-26-19-37(15-14-25(26)17-24)27-8-6-16-41-21-27/h4-5,7,9-13,17-18,22,27,29,33H,6,8,14-16,19-21H2,1-3H3,(H,39,40)/t27-,29?,33?/m1/s1. The smallest absolute Gasteiger partial charge is 0.316 e. The van der Waals surface area contributed by atoms with Crippen molar-refractivity contribution in [2.75, 3.05) is 24.8 Å². The first kappa shape index (κ1) is 29.3. The van der Waals surface area contributed by atoms with Crippen LogP contribution in [0.3, 0.4) is 0 Å². The zero-order chi connectivity index (χ0) is 29.9. The topological polar surface area (TPSA) is 96.7 Å². The summed E-state index contributed by atoms with van der Waals surface area (Å²) < 4.78 is 18.2. The van der Waals surface area contributed by atoms with E-state index in [1.54, 1.807) is 5.01 Å². The van der Waals surface area contributed by atoms with Crippen molar-refractivity contribution < 1.29 is 24.1 Å². The number of carbonyl (C=O) groups is 1. The van der Waals surface area contributed by atoms with Crippen LogP contribution in [0.5, 0.6) is 5.75 Å². The minimum atomic E-state index is -0.985. The molecule has 0 bridgehead atoms. The van der Waals surface area contributed by atoms with Crippen LogP contribution in [0.15, 0.2) is 59.7 Å². The molecule has 0 saturated carbocycles. The molecule has 3 atom stereocenters. The highest BCUT2D eigenvalue weighted by Gasteiger charge is 2.39. The average molecular weight is 585 g/mol. The number of aryl methyl sites for hydroxylation is 1. The summed E-state index contributed by atoms with van der Waals surface area (Å²) in [5.41, 5.74) is 6.53. The maximum Gasteiger partial charge on any atom is 0.316 e. The largest absolute Gasteiger partial charge is 0.488 e. The van der Waals surface area contributed by atoms with Crippen LogP contribution in [0.1, 0.15) is 48.9 Å². The fraction of sp³-hybridized carbons (Fsp3) is 0.441. The highest BCUT2D eigenvalue weighted by molar-refractivity contribution is 5.92. The van der Waals surface area contributed by atoms with E-state index in [0.29, 0.717) is 24.2 Å². The van der Waals surface area contributed by atoms with Crippen molar-refractivity contribution in [3.8, 4) is 17.0 Å². The Morgan fingerprint density at radius 3 is 2.79 bits per heavy atom. The molecular formula is C34H40N4O5. The fourth-order valence-electron chi connectivity index (χ4n) is 6.17. The van der Waals surface area contributed by atoms with Crippen molar-refractivity contribution in [1.29, 1.82) is 0 Å². The van der Waals surface area contributed by atoms with E-state index in [1.807, 2.05) is 57.2 Å². The Morgan fingerprint density at radius 2 is 2.00 bits per heavy atom. The van der Waals surface area contributed by atoms with Crippen LogP contribution < -0.4 is 9.75 Å². The summed E-state index contributed by atoms with van der Waals surface area (Å²) >= 11 is 0. The van der Waals surface area contributed by atoms with Gasteiger partial charge in [-0.05, 0) is 80.5 Å². The molecule has 6 rings (SSSR count). The van der Waals surface area contributed by atoms with Crippen molar-refractivity contribution in [3.05, 3.63) is 76.9 Å². The van der Waals surface area contributed by atoms with E-state index >= 15 is 0 Å². The number of hydrazone groups is 1. The van der Waals surface area contributed by atoms with Gasteiger partial charge in [0.25, 0.3) is 0 Å². The maximum atomic E-state index is 11.8. The number of pyridine rings is 1. The summed E-state index contributed by atoms with van der Waals surface area (Å²) in [6.07, 6.45) is 3.86. The van der Waals surface area contributed by atoms with Gasteiger partial charge in [0.15, 0.2) is 12.0 Å². The number of rotatable bonds is 9. The number of hydrogen-bond acceptors (Lipinski definition) is 8. The molecule has 4 heterocycles. The first-order valence-corrected chi connectivity index (χ1v) is 15.2. The highest BCUT2D eigenvalue weighted by Crippen LogP contribution is 2.35. The van der Waals surface area contributed by atoms with Crippen LogP contribution >= 0.6 is 0 Å². The number of aromatic nitrogens is 1. The third kappa shape index (κ3) is 6.44. The molecule has 226 valence electrons. The Labute approximate surface area is 253 Å². The summed E-state index contributed by atoms with van der Waals surface area (Å²) in [7, 11) is 0. The van der Waals surface area contributed by atoms with E-state index < -0.39 is 18.1 Å². The Hall–Kier alpha value is -3.79. The predicted octanol–water partition coefficient (Wildman–Crippen LogP) is 5.43. The number of benzene rings is 2. The number of carboxylic acids is 1. The Balaban J connectivity index is 1.19. The van der Waals surface area contributed by atoms with Crippen molar-refractivity contribution >= 4 is 18.0 Å². The zero-order valence-corrected chi connectivity index (χ0v) is 25.1. The van der Waals surface area contributed by atoms with Crippen molar-refractivity contribution in [2.24, 2.45) is 11.0 Å². The predicted molar refractivity (Wildman–Crippen MR) is 165 cm³/mol. The fourth-order valence-corrected chi connectivity index (χ4v) is 6.17. The second-order valence-corrected chi connectivity index (χ2v) is 11.9. The number of ether oxygens (including phenoxy) is 3. The van der Waals surface area contributed by atoms with Gasteiger partial charge in [-0.25, -0.2) is 9.99 Å². The number of aliphatic carboxylic acids is 1. The molecule has 2 unspecified atom stereocenters. The van der Waals surface area contributed by atoms with Crippen LogP contribution in [0, 0.1) is 12.8 Å². The van der Waals surface area contributed by atoms with E-state index in [9.17, 15) is 9.90 Å². The van der Waals surface area contributed by atoms with Crippen LogP contribution in [-0.2, 0) is 33.8 Å². The van der Waals surface area contributed by atoms with Gasteiger partial charge in [0.1, 0.15) is 18.3 Å². The van der Waals surface area contributed by atoms with Gasteiger partial charge in [0, 0.05) is 37.5 Å². The number of fused-ring (bicyclic) bond motifs is 1. The normalized spacial score (nSPS) is 22.1. The highest BCUT2D eigenvalue weighted by atomic mass is 16.5. The van der Waals surface area contributed by atoms with Gasteiger partial charge in [-0.3, -0.25) is 9.69 Å². The van der Waals surface area contributed by atoms with Crippen molar-refractivity contribution in [3.63, 3.8) is 0 Å². The van der Waals surface area contributed by atoms with E-state index in [-0.39, 0.29) is 6.10 Å². The molecule has 1 fully saturated rings. The molecule has 9 heteroatoms. The minimum Gasteiger partial charge on any atom is -0.488 e. The molecular weight excluding hydrogens is 544 g/mol. The molecule has 0 radical (unpaired) electrons. The molecule has 3 aromatic rings. The second-order valence-electron chi connectivity index (χ2n) is 11.9. The van der Waals surface area contributed by atoms with Gasteiger partial charge < -0.3 is 19.3 Å². The van der Waals surface area contributed by atoms with E-state index in [4.69, 9.17) is 19.2 Å². The minimum absolute atomic E-state index is 0.176. The van der Waals surface area contributed by atoms with Gasteiger partial charge in [-0.2, -0.15) is 5.10 Å². The average Bonchev–Trinajstić information content (AvgIpc) is 3.43. The number of hydrogen-bond donors (Lipinski definition) is 1. The van der Waals surface area contributed by atoms with E-state index in [1.165, 1.54) is 23.8 Å². The third-order valence-electron chi connectivity index (χ3n) is 8.40. The SMILES string of the molecule is Cc1cccc(-c2cccc(N3N=CC(C(=O)O)C3OC(C)C)n2)c1OCc1ccc2c(c1)CCN([C@@H]1CCCOC1)C2.